The van der Waals surface area contributed by atoms with Crippen LogP contribution in [0.4, 0.5) is 4.39 Å². The Labute approximate surface area is 125 Å². The fourth-order valence-electron chi connectivity index (χ4n) is 1.62. The Kier molecular flexibility index (Phi) is 4.75. The smallest absolute Gasteiger partial charge is 0.262 e. The van der Waals surface area contributed by atoms with Gasteiger partial charge in [0, 0.05) is 5.56 Å². The van der Waals surface area contributed by atoms with Crippen LogP contribution in [0.3, 0.4) is 0 Å². The standard InChI is InChI=1S/C15H10ClFN2O2/c16-13-4-1-5-14(17)12(13)7-10(8-18)15(20)19-9-11-3-2-6-21-11/h1-7H,9H2,(H,19,20)/b10-7+. The Bertz CT molecular complexity index is 698. The number of furan rings is 1. The zero-order chi connectivity index (χ0) is 15.2. The third kappa shape index (κ3) is 3.71. The van der Waals surface area contributed by atoms with Gasteiger partial charge in [0.15, 0.2) is 0 Å². The van der Waals surface area contributed by atoms with E-state index in [9.17, 15) is 9.18 Å². The maximum absolute atomic E-state index is 13.6. The van der Waals surface area contributed by atoms with Gasteiger partial charge in [-0.25, -0.2) is 4.39 Å². The highest BCUT2D eigenvalue weighted by Crippen LogP contribution is 2.21. The molecule has 0 saturated heterocycles. The second-order valence-electron chi connectivity index (χ2n) is 4.07. The predicted molar refractivity (Wildman–Crippen MR) is 75.6 cm³/mol. The van der Waals surface area contributed by atoms with Crippen molar-refractivity contribution in [3.05, 3.63) is 64.3 Å². The molecule has 0 atom stereocenters. The van der Waals surface area contributed by atoms with Crippen LogP contribution in [0.25, 0.3) is 6.08 Å². The summed E-state index contributed by atoms with van der Waals surface area (Å²) < 4.78 is 18.7. The number of rotatable bonds is 4. The summed E-state index contributed by atoms with van der Waals surface area (Å²) in [5.41, 5.74) is -0.238. The highest BCUT2D eigenvalue weighted by Gasteiger charge is 2.12. The van der Waals surface area contributed by atoms with E-state index in [0.717, 1.165) is 6.08 Å². The summed E-state index contributed by atoms with van der Waals surface area (Å²) in [6.45, 7) is 0.135. The second kappa shape index (κ2) is 6.73. The first-order chi connectivity index (χ1) is 10.1. The fourth-order valence-corrected chi connectivity index (χ4v) is 1.83. The molecule has 1 N–H and O–H groups in total. The highest BCUT2D eigenvalue weighted by molar-refractivity contribution is 6.32. The molecule has 21 heavy (non-hydrogen) atoms. The van der Waals surface area contributed by atoms with Crippen molar-refractivity contribution in [3.8, 4) is 6.07 Å². The first-order valence-corrected chi connectivity index (χ1v) is 6.36. The van der Waals surface area contributed by atoms with Gasteiger partial charge >= 0.3 is 0 Å². The molecule has 0 saturated carbocycles. The first kappa shape index (κ1) is 14.8. The molecular weight excluding hydrogens is 295 g/mol. The summed E-state index contributed by atoms with van der Waals surface area (Å²) in [6, 6.07) is 9.22. The van der Waals surface area contributed by atoms with Crippen molar-refractivity contribution in [3.63, 3.8) is 0 Å². The number of hydrogen-bond donors (Lipinski definition) is 1. The zero-order valence-corrected chi connectivity index (χ0v) is 11.5. The van der Waals surface area contributed by atoms with Gasteiger partial charge in [0.05, 0.1) is 17.8 Å². The van der Waals surface area contributed by atoms with Gasteiger partial charge in [-0.3, -0.25) is 4.79 Å². The van der Waals surface area contributed by atoms with Crippen LogP contribution in [0, 0.1) is 17.1 Å². The summed E-state index contributed by atoms with van der Waals surface area (Å²) in [4.78, 5) is 11.9. The normalized spacial score (nSPS) is 11.0. The molecule has 2 aromatic rings. The summed E-state index contributed by atoms with van der Waals surface area (Å²) in [5.74, 6) is -0.688. The number of hydrogen-bond acceptors (Lipinski definition) is 3. The van der Waals surface area contributed by atoms with Gasteiger partial charge in [0.1, 0.15) is 23.2 Å². The number of benzene rings is 1. The SMILES string of the molecule is N#C/C(=C\c1c(F)cccc1Cl)C(=O)NCc1ccco1. The van der Waals surface area contributed by atoms with Gasteiger partial charge in [-0.05, 0) is 30.3 Å². The van der Waals surface area contributed by atoms with Crippen molar-refractivity contribution < 1.29 is 13.6 Å². The summed E-state index contributed by atoms with van der Waals surface area (Å²) in [6.07, 6.45) is 2.59. The van der Waals surface area contributed by atoms with Crippen LogP contribution in [-0.2, 0) is 11.3 Å². The van der Waals surface area contributed by atoms with Crippen molar-refractivity contribution in [2.75, 3.05) is 0 Å². The van der Waals surface area contributed by atoms with E-state index in [4.69, 9.17) is 21.3 Å². The van der Waals surface area contributed by atoms with Crippen LogP contribution in [0.5, 0.6) is 0 Å². The summed E-state index contributed by atoms with van der Waals surface area (Å²) in [5, 5.41) is 11.7. The van der Waals surface area contributed by atoms with Crippen molar-refractivity contribution in [1.29, 1.82) is 5.26 Å². The Morgan fingerprint density at radius 2 is 2.24 bits per heavy atom. The van der Waals surface area contributed by atoms with Gasteiger partial charge in [-0.2, -0.15) is 5.26 Å². The minimum absolute atomic E-state index is 0.00358. The highest BCUT2D eigenvalue weighted by atomic mass is 35.5. The summed E-state index contributed by atoms with van der Waals surface area (Å²) in [7, 11) is 0. The Balaban J connectivity index is 2.17. The van der Waals surface area contributed by atoms with Crippen LogP contribution in [0.1, 0.15) is 11.3 Å². The lowest BCUT2D eigenvalue weighted by Crippen LogP contribution is -2.23. The lowest BCUT2D eigenvalue weighted by Gasteiger charge is -2.04. The fraction of sp³-hybridized carbons (Fsp3) is 0.0667. The molecule has 4 nitrogen and oxygen atoms in total. The Morgan fingerprint density at radius 3 is 2.86 bits per heavy atom. The van der Waals surface area contributed by atoms with Gasteiger partial charge in [0.25, 0.3) is 5.91 Å². The minimum Gasteiger partial charge on any atom is -0.467 e. The molecule has 1 heterocycles. The van der Waals surface area contributed by atoms with Crippen LogP contribution in [-0.4, -0.2) is 5.91 Å². The van der Waals surface area contributed by atoms with Crippen molar-refractivity contribution in [2.45, 2.75) is 6.54 Å². The monoisotopic (exact) mass is 304 g/mol. The molecule has 1 amide bonds. The van der Waals surface area contributed by atoms with Crippen molar-refractivity contribution >= 4 is 23.6 Å². The zero-order valence-electron chi connectivity index (χ0n) is 10.8. The van der Waals surface area contributed by atoms with E-state index < -0.39 is 11.7 Å². The Hall–Kier alpha value is -2.58. The molecule has 0 aliphatic heterocycles. The predicted octanol–water partition coefficient (Wildman–Crippen LogP) is 3.30. The molecule has 0 aliphatic carbocycles. The molecule has 106 valence electrons. The van der Waals surface area contributed by atoms with E-state index in [2.05, 4.69) is 5.32 Å². The summed E-state index contributed by atoms with van der Waals surface area (Å²) >= 11 is 5.85. The van der Waals surface area contributed by atoms with Crippen molar-refractivity contribution in [2.24, 2.45) is 0 Å². The number of amides is 1. The van der Waals surface area contributed by atoms with Crippen LogP contribution in [0.2, 0.25) is 5.02 Å². The molecule has 0 spiro atoms. The quantitative estimate of drug-likeness (QED) is 0.696. The van der Waals surface area contributed by atoms with Crippen LogP contribution >= 0.6 is 11.6 Å². The van der Waals surface area contributed by atoms with Crippen molar-refractivity contribution in [1.82, 2.24) is 5.32 Å². The minimum atomic E-state index is -0.631. The number of carbonyl (C=O) groups is 1. The molecule has 0 bridgehead atoms. The molecule has 1 aromatic carbocycles. The van der Waals surface area contributed by atoms with E-state index in [-0.39, 0.29) is 22.7 Å². The maximum atomic E-state index is 13.6. The first-order valence-electron chi connectivity index (χ1n) is 5.98. The molecule has 0 unspecified atom stereocenters. The topological polar surface area (TPSA) is 66.0 Å². The van der Waals surface area contributed by atoms with E-state index in [1.54, 1.807) is 18.2 Å². The lowest BCUT2D eigenvalue weighted by atomic mass is 10.1. The number of carbonyl (C=O) groups excluding carboxylic acids is 1. The van der Waals surface area contributed by atoms with Gasteiger partial charge in [0.2, 0.25) is 0 Å². The molecule has 0 aliphatic rings. The van der Waals surface area contributed by atoms with Gasteiger partial charge in [-0.1, -0.05) is 17.7 Å². The molecular formula is C15H10ClFN2O2. The molecule has 1 aromatic heterocycles. The average molecular weight is 305 g/mol. The molecule has 6 heteroatoms. The maximum Gasteiger partial charge on any atom is 0.262 e. The number of nitrogens with zero attached hydrogens (tertiary/aromatic N) is 1. The van der Waals surface area contributed by atoms with E-state index >= 15 is 0 Å². The van der Waals surface area contributed by atoms with E-state index in [1.807, 2.05) is 0 Å². The number of halogens is 2. The lowest BCUT2D eigenvalue weighted by molar-refractivity contribution is -0.117. The average Bonchev–Trinajstić information content (AvgIpc) is 2.98. The second-order valence-corrected chi connectivity index (χ2v) is 4.47. The van der Waals surface area contributed by atoms with E-state index in [1.165, 1.54) is 24.5 Å². The Morgan fingerprint density at radius 1 is 1.43 bits per heavy atom. The molecule has 0 radical (unpaired) electrons. The van der Waals surface area contributed by atoms with E-state index in [0.29, 0.717) is 5.76 Å². The largest absolute Gasteiger partial charge is 0.467 e. The van der Waals surface area contributed by atoms with Gasteiger partial charge in [-0.15, -0.1) is 0 Å². The number of nitrogens with one attached hydrogen (secondary N) is 1. The molecule has 2 rings (SSSR count). The third-order valence-electron chi connectivity index (χ3n) is 2.66. The molecule has 0 fully saturated rings. The third-order valence-corrected chi connectivity index (χ3v) is 2.99. The van der Waals surface area contributed by atoms with Crippen LogP contribution in [0.15, 0.2) is 46.6 Å². The number of nitriles is 1. The van der Waals surface area contributed by atoms with Crippen LogP contribution < -0.4 is 5.32 Å². The van der Waals surface area contributed by atoms with Gasteiger partial charge < -0.3 is 9.73 Å².